The number of hydrogen-bond donors (Lipinski definition) is 1. The van der Waals surface area contributed by atoms with Crippen LogP contribution in [0.15, 0.2) is 30.3 Å². The molecule has 2 aromatic rings. The average molecular weight is 283 g/mol. The number of aromatic nitrogens is 1. The third kappa shape index (κ3) is 2.84. The first-order valence-electron chi connectivity index (χ1n) is 7.67. The van der Waals surface area contributed by atoms with E-state index in [1.165, 1.54) is 0 Å². The van der Waals surface area contributed by atoms with Crippen molar-refractivity contribution in [2.45, 2.75) is 38.6 Å². The Balaban J connectivity index is 1.92. The van der Waals surface area contributed by atoms with Gasteiger partial charge >= 0.3 is 0 Å². The molecular weight excluding hydrogens is 262 g/mol. The van der Waals surface area contributed by atoms with Crippen molar-refractivity contribution in [2.75, 3.05) is 12.3 Å². The number of nitrogen functional groups attached to an aromatic ring is 1. The van der Waals surface area contributed by atoms with Crippen LogP contribution < -0.4 is 5.73 Å². The van der Waals surface area contributed by atoms with Gasteiger partial charge in [0, 0.05) is 18.0 Å². The van der Waals surface area contributed by atoms with Gasteiger partial charge in [0.15, 0.2) is 0 Å². The van der Waals surface area contributed by atoms with E-state index >= 15 is 0 Å². The minimum absolute atomic E-state index is 0.0170. The minimum atomic E-state index is 0.0170. The Kier molecular flexibility index (Phi) is 3.78. The molecule has 1 amide bonds. The Morgan fingerprint density at radius 1 is 1.38 bits per heavy atom. The molecule has 0 aliphatic heterocycles. The van der Waals surface area contributed by atoms with Gasteiger partial charge in [-0.15, -0.1) is 0 Å². The number of rotatable bonds is 5. The predicted molar refractivity (Wildman–Crippen MR) is 85.1 cm³/mol. The number of amides is 1. The van der Waals surface area contributed by atoms with Crippen molar-refractivity contribution >= 4 is 22.5 Å². The Bertz CT molecular complexity index is 664. The van der Waals surface area contributed by atoms with E-state index < -0.39 is 0 Å². The van der Waals surface area contributed by atoms with Crippen molar-refractivity contribution in [1.82, 2.24) is 9.88 Å². The second-order valence-electron chi connectivity index (χ2n) is 5.70. The second-order valence-corrected chi connectivity index (χ2v) is 5.70. The highest BCUT2D eigenvalue weighted by molar-refractivity contribution is 6.00. The van der Waals surface area contributed by atoms with Crippen LogP contribution in [0.1, 0.15) is 43.1 Å². The molecule has 21 heavy (non-hydrogen) atoms. The summed E-state index contributed by atoms with van der Waals surface area (Å²) in [5.41, 5.74) is 6.47. The van der Waals surface area contributed by atoms with Crippen LogP contribution in [0.25, 0.3) is 10.8 Å². The van der Waals surface area contributed by atoms with E-state index in [0.717, 1.165) is 43.0 Å². The molecule has 0 radical (unpaired) electrons. The fourth-order valence-electron chi connectivity index (χ4n) is 2.65. The van der Waals surface area contributed by atoms with Gasteiger partial charge in [-0.2, -0.15) is 0 Å². The summed E-state index contributed by atoms with van der Waals surface area (Å²) in [7, 11) is 0. The summed E-state index contributed by atoms with van der Waals surface area (Å²) >= 11 is 0. The molecule has 1 saturated carbocycles. The maximum atomic E-state index is 12.7. The Hall–Kier alpha value is -2.10. The molecule has 1 fully saturated rings. The minimum Gasteiger partial charge on any atom is -0.383 e. The summed E-state index contributed by atoms with van der Waals surface area (Å²) in [6.45, 7) is 2.95. The molecule has 0 unspecified atom stereocenters. The predicted octanol–water partition coefficient (Wildman–Crippen LogP) is 3.22. The zero-order valence-electron chi connectivity index (χ0n) is 12.4. The van der Waals surface area contributed by atoms with Crippen LogP contribution in [0.5, 0.6) is 0 Å². The van der Waals surface area contributed by atoms with Crippen molar-refractivity contribution in [3.05, 3.63) is 36.0 Å². The summed E-state index contributed by atoms with van der Waals surface area (Å²) in [6.07, 6.45) is 4.34. The second kappa shape index (κ2) is 5.72. The summed E-state index contributed by atoms with van der Waals surface area (Å²) < 4.78 is 0. The Morgan fingerprint density at radius 2 is 2.14 bits per heavy atom. The molecule has 1 aromatic heterocycles. The van der Waals surface area contributed by atoms with E-state index in [1.807, 2.05) is 35.2 Å². The van der Waals surface area contributed by atoms with Gasteiger partial charge in [0.2, 0.25) is 0 Å². The monoisotopic (exact) mass is 283 g/mol. The number of fused-ring (bicyclic) bond motifs is 1. The van der Waals surface area contributed by atoms with E-state index in [0.29, 0.717) is 17.6 Å². The quantitative estimate of drug-likeness (QED) is 0.916. The van der Waals surface area contributed by atoms with E-state index in [1.54, 1.807) is 0 Å². The maximum absolute atomic E-state index is 12.7. The highest BCUT2D eigenvalue weighted by Crippen LogP contribution is 2.29. The molecule has 4 heteroatoms. The number of hydrogen-bond acceptors (Lipinski definition) is 3. The molecule has 1 aliphatic carbocycles. The molecule has 1 aliphatic rings. The third-order valence-electron chi connectivity index (χ3n) is 3.99. The van der Waals surface area contributed by atoms with Crippen LogP contribution in [-0.2, 0) is 0 Å². The number of anilines is 1. The lowest BCUT2D eigenvalue weighted by Crippen LogP contribution is -2.34. The molecule has 1 aromatic carbocycles. The van der Waals surface area contributed by atoms with E-state index in [4.69, 9.17) is 5.73 Å². The van der Waals surface area contributed by atoms with E-state index in [-0.39, 0.29) is 5.91 Å². The van der Waals surface area contributed by atoms with Crippen LogP contribution in [0.4, 0.5) is 5.82 Å². The maximum Gasteiger partial charge on any atom is 0.272 e. The smallest absolute Gasteiger partial charge is 0.272 e. The SMILES string of the molecule is CCCCN(C(=O)c1cc2ccccc2c(N)n1)C1CC1. The third-order valence-corrected chi connectivity index (χ3v) is 3.99. The van der Waals surface area contributed by atoms with Crippen molar-refractivity contribution in [2.24, 2.45) is 0 Å². The van der Waals surface area contributed by atoms with Crippen LogP contribution >= 0.6 is 0 Å². The summed E-state index contributed by atoms with van der Waals surface area (Å²) in [6, 6.07) is 10.0. The molecule has 3 rings (SSSR count). The van der Waals surface area contributed by atoms with E-state index in [2.05, 4.69) is 11.9 Å². The zero-order chi connectivity index (χ0) is 14.8. The van der Waals surface area contributed by atoms with Gasteiger partial charge < -0.3 is 10.6 Å². The Morgan fingerprint density at radius 3 is 2.86 bits per heavy atom. The van der Waals surface area contributed by atoms with Crippen molar-refractivity contribution in [3.8, 4) is 0 Å². The first-order valence-corrected chi connectivity index (χ1v) is 7.67. The van der Waals surface area contributed by atoms with Gasteiger partial charge in [0.05, 0.1) is 0 Å². The zero-order valence-corrected chi connectivity index (χ0v) is 12.4. The van der Waals surface area contributed by atoms with E-state index in [9.17, 15) is 4.79 Å². The number of unbranched alkanes of at least 4 members (excludes halogenated alkanes) is 1. The van der Waals surface area contributed by atoms with Gasteiger partial charge in [-0.3, -0.25) is 4.79 Å². The van der Waals surface area contributed by atoms with Gasteiger partial charge in [-0.05, 0) is 30.7 Å². The molecule has 0 bridgehead atoms. The molecule has 1 heterocycles. The van der Waals surface area contributed by atoms with Crippen LogP contribution in [0, 0.1) is 0 Å². The average Bonchev–Trinajstić information content (AvgIpc) is 3.32. The van der Waals surface area contributed by atoms with Gasteiger partial charge in [0.25, 0.3) is 5.91 Å². The number of benzene rings is 1. The van der Waals surface area contributed by atoms with Gasteiger partial charge in [-0.1, -0.05) is 37.6 Å². The fraction of sp³-hybridized carbons (Fsp3) is 0.412. The fourth-order valence-corrected chi connectivity index (χ4v) is 2.65. The Labute approximate surface area is 125 Å². The number of nitrogens with zero attached hydrogens (tertiary/aromatic N) is 2. The molecule has 2 N–H and O–H groups in total. The van der Waals surface area contributed by atoms with Crippen LogP contribution in [0.2, 0.25) is 0 Å². The molecular formula is C17H21N3O. The number of pyridine rings is 1. The van der Waals surface area contributed by atoms with Gasteiger partial charge in [0.1, 0.15) is 11.5 Å². The van der Waals surface area contributed by atoms with Crippen LogP contribution in [-0.4, -0.2) is 28.4 Å². The van der Waals surface area contributed by atoms with Crippen molar-refractivity contribution in [1.29, 1.82) is 0 Å². The molecule has 110 valence electrons. The largest absolute Gasteiger partial charge is 0.383 e. The highest BCUT2D eigenvalue weighted by atomic mass is 16.2. The molecule has 0 spiro atoms. The molecule has 4 nitrogen and oxygen atoms in total. The number of nitrogens with two attached hydrogens (primary N) is 1. The lowest BCUT2D eigenvalue weighted by Gasteiger charge is -2.22. The number of carbonyl (C=O) groups excluding carboxylic acids is 1. The topological polar surface area (TPSA) is 59.2 Å². The number of carbonyl (C=O) groups is 1. The normalized spacial score (nSPS) is 14.3. The first kappa shape index (κ1) is 13.9. The lowest BCUT2D eigenvalue weighted by atomic mass is 10.1. The standard InChI is InChI=1S/C17H21N3O/c1-2-3-10-20(13-8-9-13)17(21)15-11-12-6-4-5-7-14(12)16(18)19-15/h4-7,11,13H,2-3,8-10H2,1H3,(H2,18,19). The first-order chi connectivity index (χ1) is 10.2. The summed E-state index contributed by atoms with van der Waals surface area (Å²) in [5, 5.41) is 1.88. The van der Waals surface area contributed by atoms with Crippen molar-refractivity contribution < 1.29 is 4.79 Å². The summed E-state index contributed by atoms with van der Waals surface area (Å²) in [4.78, 5) is 19.0. The molecule has 0 saturated heterocycles. The van der Waals surface area contributed by atoms with Crippen molar-refractivity contribution in [3.63, 3.8) is 0 Å². The highest BCUT2D eigenvalue weighted by Gasteiger charge is 2.33. The van der Waals surface area contributed by atoms with Gasteiger partial charge in [-0.25, -0.2) is 4.98 Å². The van der Waals surface area contributed by atoms with Crippen LogP contribution in [0.3, 0.4) is 0 Å². The molecule has 0 atom stereocenters. The summed E-state index contributed by atoms with van der Waals surface area (Å²) in [5.74, 6) is 0.450. The lowest BCUT2D eigenvalue weighted by molar-refractivity contribution is 0.0735.